The van der Waals surface area contributed by atoms with Gasteiger partial charge in [0.1, 0.15) is 0 Å². The van der Waals surface area contributed by atoms with E-state index in [4.69, 9.17) is 5.11 Å². The van der Waals surface area contributed by atoms with Crippen LogP contribution in [0.25, 0.3) is 0 Å². The first-order valence-corrected chi connectivity index (χ1v) is 6.15. The van der Waals surface area contributed by atoms with Gasteiger partial charge in [-0.05, 0) is 12.0 Å². The zero-order chi connectivity index (χ0) is 15.1. The van der Waals surface area contributed by atoms with Crippen LogP contribution in [-0.4, -0.2) is 32.8 Å². The summed E-state index contributed by atoms with van der Waals surface area (Å²) in [6.07, 6.45) is 1.49. The SMILES string of the molecule is CC(CC(=O)O)CC(=O)NC(=O)NCc1ccnn1C. The highest BCUT2D eigenvalue weighted by Gasteiger charge is 2.14. The normalized spacial score (nSPS) is 11.7. The molecule has 3 N–H and O–H groups in total. The molecule has 1 aromatic heterocycles. The number of amides is 3. The summed E-state index contributed by atoms with van der Waals surface area (Å²) >= 11 is 0. The highest BCUT2D eigenvalue weighted by Crippen LogP contribution is 2.06. The molecule has 1 heterocycles. The van der Waals surface area contributed by atoms with Gasteiger partial charge in [-0.1, -0.05) is 6.92 Å². The van der Waals surface area contributed by atoms with Crippen molar-refractivity contribution in [3.05, 3.63) is 18.0 Å². The molecule has 0 radical (unpaired) electrons. The molecule has 0 saturated carbocycles. The summed E-state index contributed by atoms with van der Waals surface area (Å²) in [6.45, 7) is 1.89. The molecule has 0 spiro atoms. The van der Waals surface area contributed by atoms with Gasteiger partial charge in [0.15, 0.2) is 0 Å². The number of hydrogen-bond donors (Lipinski definition) is 3. The van der Waals surface area contributed by atoms with Gasteiger partial charge in [0.2, 0.25) is 5.91 Å². The summed E-state index contributed by atoms with van der Waals surface area (Å²) in [4.78, 5) is 33.4. The molecule has 0 fully saturated rings. The van der Waals surface area contributed by atoms with Crippen molar-refractivity contribution in [3.8, 4) is 0 Å². The smallest absolute Gasteiger partial charge is 0.321 e. The molecule has 20 heavy (non-hydrogen) atoms. The lowest BCUT2D eigenvalue weighted by atomic mass is 10.0. The Labute approximate surface area is 116 Å². The molecule has 1 unspecified atom stereocenters. The third kappa shape index (κ3) is 5.51. The van der Waals surface area contributed by atoms with Crippen molar-refractivity contribution in [2.24, 2.45) is 13.0 Å². The Balaban J connectivity index is 2.29. The van der Waals surface area contributed by atoms with Crippen LogP contribution >= 0.6 is 0 Å². The molecule has 0 bridgehead atoms. The molecule has 1 atom stereocenters. The van der Waals surface area contributed by atoms with E-state index in [1.165, 1.54) is 0 Å². The third-order valence-electron chi connectivity index (χ3n) is 2.66. The molecule has 8 heteroatoms. The number of rotatable bonds is 6. The number of aryl methyl sites for hydroxylation is 1. The zero-order valence-electron chi connectivity index (χ0n) is 11.4. The van der Waals surface area contributed by atoms with Crippen LogP contribution in [0.3, 0.4) is 0 Å². The number of nitrogens with one attached hydrogen (secondary N) is 2. The summed E-state index contributed by atoms with van der Waals surface area (Å²) < 4.78 is 1.61. The van der Waals surface area contributed by atoms with Crippen LogP contribution in [0.15, 0.2) is 12.3 Å². The van der Waals surface area contributed by atoms with Crippen molar-refractivity contribution >= 4 is 17.9 Å². The first-order chi connectivity index (χ1) is 9.38. The van der Waals surface area contributed by atoms with Gasteiger partial charge in [-0.2, -0.15) is 5.10 Å². The lowest BCUT2D eigenvalue weighted by Crippen LogP contribution is -2.39. The Morgan fingerprint density at radius 3 is 2.65 bits per heavy atom. The molecular formula is C12H18N4O4. The average Bonchev–Trinajstić information content (AvgIpc) is 2.70. The van der Waals surface area contributed by atoms with E-state index in [1.54, 1.807) is 30.9 Å². The molecule has 0 aliphatic heterocycles. The van der Waals surface area contributed by atoms with E-state index >= 15 is 0 Å². The molecule has 0 aliphatic rings. The quantitative estimate of drug-likeness (QED) is 0.692. The number of aliphatic carboxylic acids is 1. The number of imide groups is 1. The number of carbonyl (C=O) groups is 3. The van der Waals surface area contributed by atoms with Crippen LogP contribution in [0.2, 0.25) is 0 Å². The summed E-state index contributed by atoms with van der Waals surface area (Å²) in [5.74, 6) is -1.79. The fourth-order valence-corrected chi connectivity index (χ4v) is 1.65. The average molecular weight is 282 g/mol. The van der Waals surface area contributed by atoms with Crippen molar-refractivity contribution in [3.63, 3.8) is 0 Å². The van der Waals surface area contributed by atoms with E-state index in [2.05, 4.69) is 15.7 Å². The summed E-state index contributed by atoms with van der Waals surface area (Å²) in [5, 5.41) is 17.2. The number of aromatic nitrogens is 2. The minimum Gasteiger partial charge on any atom is -0.481 e. The number of nitrogens with zero attached hydrogens (tertiary/aromatic N) is 2. The highest BCUT2D eigenvalue weighted by molar-refractivity contribution is 5.94. The molecule has 0 aliphatic carbocycles. The number of carboxylic acid groups (broad SMARTS) is 1. The second-order valence-corrected chi connectivity index (χ2v) is 4.58. The second-order valence-electron chi connectivity index (χ2n) is 4.58. The first-order valence-electron chi connectivity index (χ1n) is 6.15. The highest BCUT2D eigenvalue weighted by atomic mass is 16.4. The Bertz CT molecular complexity index is 497. The van der Waals surface area contributed by atoms with Gasteiger partial charge in [-0.15, -0.1) is 0 Å². The Morgan fingerprint density at radius 1 is 1.40 bits per heavy atom. The summed E-state index contributed by atoms with van der Waals surface area (Å²) in [6, 6.07) is 1.13. The molecule has 0 saturated heterocycles. The van der Waals surface area contributed by atoms with Crippen molar-refractivity contribution in [1.82, 2.24) is 20.4 Å². The van der Waals surface area contributed by atoms with Crippen LogP contribution in [0, 0.1) is 5.92 Å². The van der Waals surface area contributed by atoms with Crippen molar-refractivity contribution in [2.75, 3.05) is 0 Å². The molecule has 1 aromatic rings. The van der Waals surface area contributed by atoms with Gasteiger partial charge >= 0.3 is 12.0 Å². The molecule has 8 nitrogen and oxygen atoms in total. The third-order valence-corrected chi connectivity index (χ3v) is 2.66. The maximum absolute atomic E-state index is 11.5. The van der Waals surface area contributed by atoms with Crippen LogP contribution in [-0.2, 0) is 23.2 Å². The molecule has 110 valence electrons. The van der Waals surface area contributed by atoms with Crippen molar-refractivity contribution in [1.29, 1.82) is 0 Å². The minimum absolute atomic E-state index is 0.00850. The van der Waals surface area contributed by atoms with E-state index < -0.39 is 17.9 Å². The van der Waals surface area contributed by atoms with Crippen LogP contribution in [0.5, 0.6) is 0 Å². The standard InChI is InChI=1S/C12H18N4O4/c1-8(6-11(18)19)5-10(17)15-12(20)13-7-9-3-4-14-16(9)2/h3-4,8H,5-7H2,1-2H3,(H,18,19)(H2,13,15,17,20). The monoisotopic (exact) mass is 282 g/mol. The molecule has 3 amide bonds. The first kappa shape index (κ1) is 15.7. The predicted octanol–water partition coefficient (Wildman–Crippen LogP) is 0.247. The van der Waals surface area contributed by atoms with E-state index in [0.29, 0.717) is 0 Å². The van der Waals surface area contributed by atoms with Gasteiger partial charge in [-0.25, -0.2) is 4.79 Å². The lowest BCUT2D eigenvalue weighted by Gasteiger charge is -2.09. The summed E-state index contributed by atoms with van der Waals surface area (Å²) in [7, 11) is 1.74. The Kier molecular flexibility index (Phi) is 5.70. The van der Waals surface area contributed by atoms with Crippen LogP contribution < -0.4 is 10.6 Å². The van der Waals surface area contributed by atoms with Gasteiger partial charge in [-0.3, -0.25) is 19.6 Å². The fourth-order valence-electron chi connectivity index (χ4n) is 1.65. The maximum atomic E-state index is 11.5. The van der Waals surface area contributed by atoms with Gasteiger partial charge in [0.25, 0.3) is 0 Å². The Hall–Kier alpha value is -2.38. The van der Waals surface area contributed by atoms with Gasteiger partial charge in [0.05, 0.1) is 12.2 Å². The number of carbonyl (C=O) groups excluding carboxylic acids is 2. The maximum Gasteiger partial charge on any atom is 0.321 e. The van der Waals surface area contributed by atoms with E-state index in [-0.39, 0.29) is 25.3 Å². The summed E-state index contributed by atoms with van der Waals surface area (Å²) in [5.41, 5.74) is 0.798. The van der Waals surface area contributed by atoms with Gasteiger partial charge < -0.3 is 10.4 Å². The largest absolute Gasteiger partial charge is 0.481 e. The topological polar surface area (TPSA) is 113 Å². The Morgan fingerprint density at radius 2 is 2.10 bits per heavy atom. The van der Waals surface area contributed by atoms with E-state index in [9.17, 15) is 14.4 Å². The van der Waals surface area contributed by atoms with E-state index in [0.717, 1.165) is 5.69 Å². The minimum atomic E-state index is -0.967. The van der Waals surface area contributed by atoms with E-state index in [1.807, 2.05) is 0 Å². The number of urea groups is 1. The predicted molar refractivity (Wildman–Crippen MR) is 69.6 cm³/mol. The van der Waals surface area contributed by atoms with Crippen molar-refractivity contribution < 1.29 is 19.5 Å². The number of hydrogen-bond acceptors (Lipinski definition) is 4. The van der Waals surface area contributed by atoms with Crippen LogP contribution in [0.4, 0.5) is 4.79 Å². The van der Waals surface area contributed by atoms with Gasteiger partial charge in [0, 0.05) is 26.1 Å². The second kappa shape index (κ2) is 7.27. The van der Waals surface area contributed by atoms with Crippen molar-refractivity contribution in [2.45, 2.75) is 26.3 Å². The molecule has 1 rings (SSSR count). The fraction of sp³-hybridized carbons (Fsp3) is 0.500. The lowest BCUT2D eigenvalue weighted by molar-refractivity contribution is -0.138. The zero-order valence-corrected chi connectivity index (χ0v) is 11.4. The van der Waals surface area contributed by atoms with Crippen LogP contribution in [0.1, 0.15) is 25.5 Å². The number of carboxylic acids is 1. The molecular weight excluding hydrogens is 264 g/mol. The molecule has 0 aromatic carbocycles.